The van der Waals surface area contributed by atoms with Crippen molar-refractivity contribution in [1.82, 2.24) is 20.9 Å². The van der Waals surface area contributed by atoms with Gasteiger partial charge in [0.15, 0.2) is 0 Å². The van der Waals surface area contributed by atoms with E-state index < -0.39 is 53.3 Å². The second kappa shape index (κ2) is 19.4. The number of benzene rings is 1. The van der Waals surface area contributed by atoms with Crippen LogP contribution in [0, 0.1) is 29.1 Å². The Morgan fingerprint density at radius 1 is 1.00 bits per heavy atom. The third-order valence-corrected chi connectivity index (χ3v) is 9.60. The number of amides is 5. The van der Waals surface area contributed by atoms with Crippen molar-refractivity contribution in [3.8, 4) is 0 Å². The SMILES string of the molecule is CC1CN(C(=O)C(NC(=O)NCC(=O)OCc2ccccc2)C(C)(C)C)C(C)C1C.FC(F)(F)C1CC1.NC(=O)C(=O)C(CC1CCC1)NC=O. The average Bonchev–Trinajstić information content (AvgIpc) is 3.88. The number of esters is 1. The van der Waals surface area contributed by atoms with E-state index in [1.54, 1.807) is 0 Å². The molecule has 2 aliphatic carbocycles. The summed E-state index contributed by atoms with van der Waals surface area (Å²) in [6.45, 7) is 12.6. The fourth-order valence-corrected chi connectivity index (χ4v) is 5.61. The Morgan fingerprint density at radius 3 is 2.02 bits per heavy atom. The molecule has 0 aromatic heterocycles. The summed E-state index contributed by atoms with van der Waals surface area (Å²) >= 11 is 0. The van der Waals surface area contributed by atoms with Crippen molar-refractivity contribution in [2.75, 3.05) is 13.1 Å². The number of Topliss-reactive ketones (excluding diaryl/α,β-unsaturated/α-hetero) is 1. The fourth-order valence-electron chi connectivity index (χ4n) is 5.61. The average molecular weight is 726 g/mol. The topological polar surface area (TPSA) is 177 Å². The van der Waals surface area contributed by atoms with Crippen LogP contribution in [0.2, 0.25) is 0 Å². The normalized spacial score (nSPS) is 21.2. The highest BCUT2D eigenvalue weighted by molar-refractivity contribution is 6.37. The summed E-state index contributed by atoms with van der Waals surface area (Å²) in [5.74, 6) is -2.01. The summed E-state index contributed by atoms with van der Waals surface area (Å²) in [6, 6.07) is 7.45. The maximum Gasteiger partial charge on any atom is 0.391 e. The molecule has 0 radical (unpaired) electrons. The number of nitrogens with one attached hydrogen (secondary N) is 3. The molecule has 3 aliphatic rings. The number of likely N-dealkylation sites (tertiary alicyclic amines) is 1. The predicted molar refractivity (Wildman–Crippen MR) is 183 cm³/mol. The molecule has 2 saturated carbocycles. The van der Waals surface area contributed by atoms with Crippen LogP contribution in [0.1, 0.15) is 85.6 Å². The summed E-state index contributed by atoms with van der Waals surface area (Å²) in [5.41, 5.74) is 5.25. The quantitative estimate of drug-likeness (QED) is 0.141. The van der Waals surface area contributed by atoms with Crippen molar-refractivity contribution < 1.29 is 46.7 Å². The molecule has 286 valence electrons. The summed E-state index contributed by atoms with van der Waals surface area (Å²) in [5, 5.41) is 7.60. The minimum absolute atomic E-state index is 0.0898. The highest BCUT2D eigenvalue weighted by Crippen LogP contribution is 2.43. The molecule has 1 saturated heterocycles. The van der Waals surface area contributed by atoms with Gasteiger partial charge in [-0.1, -0.05) is 84.2 Å². The third-order valence-electron chi connectivity index (χ3n) is 9.60. The molecule has 1 aromatic rings. The van der Waals surface area contributed by atoms with Crippen molar-refractivity contribution >= 4 is 36.0 Å². The van der Waals surface area contributed by atoms with E-state index in [4.69, 9.17) is 10.5 Å². The Labute approximate surface area is 298 Å². The number of hydrogen-bond donors (Lipinski definition) is 4. The van der Waals surface area contributed by atoms with Gasteiger partial charge in [-0.3, -0.25) is 24.0 Å². The molecule has 5 N–H and O–H groups in total. The van der Waals surface area contributed by atoms with Crippen LogP contribution in [0.4, 0.5) is 18.0 Å². The molecule has 0 bridgehead atoms. The zero-order chi connectivity index (χ0) is 38.5. The van der Waals surface area contributed by atoms with Crippen LogP contribution >= 0.6 is 0 Å². The Balaban J connectivity index is 0.000000349. The minimum atomic E-state index is -3.89. The Kier molecular flexibility index (Phi) is 16.4. The molecule has 5 amide bonds. The first-order valence-corrected chi connectivity index (χ1v) is 17.4. The largest absolute Gasteiger partial charge is 0.460 e. The van der Waals surface area contributed by atoms with Crippen LogP contribution in [0.15, 0.2) is 30.3 Å². The number of ether oxygens (including phenoxy) is 1. The van der Waals surface area contributed by atoms with Crippen molar-refractivity contribution in [2.24, 2.45) is 34.8 Å². The van der Waals surface area contributed by atoms with E-state index in [-0.39, 0.29) is 25.1 Å². The zero-order valence-corrected chi connectivity index (χ0v) is 30.4. The van der Waals surface area contributed by atoms with Gasteiger partial charge in [0, 0.05) is 12.6 Å². The van der Waals surface area contributed by atoms with Gasteiger partial charge in [0.25, 0.3) is 5.91 Å². The molecule has 5 atom stereocenters. The van der Waals surface area contributed by atoms with E-state index in [0.29, 0.717) is 50.0 Å². The Bertz CT molecular complexity index is 1330. The van der Waals surface area contributed by atoms with Gasteiger partial charge >= 0.3 is 18.2 Å². The van der Waals surface area contributed by atoms with E-state index in [1.165, 1.54) is 0 Å². The van der Waals surface area contributed by atoms with Crippen LogP contribution in [-0.2, 0) is 35.3 Å². The van der Waals surface area contributed by atoms with Crippen LogP contribution in [0.5, 0.6) is 0 Å². The number of carbonyl (C=O) groups is 6. The molecule has 12 nitrogen and oxygen atoms in total. The third kappa shape index (κ3) is 14.5. The van der Waals surface area contributed by atoms with Gasteiger partial charge in [-0.15, -0.1) is 0 Å². The lowest BCUT2D eigenvalue weighted by Crippen LogP contribution is -2.57. The number of carbonyl (C=O) groups excluding carboxylic acids is 6. The van der Waals surface area contributed by atoms with Gasteiger partial charge in [0.1, 0.15) is 19.2 Å². The summed E-state index contributed by atoms with van der Waals surface area (Å²) in [4.78, 5) is 71.5. The first kappa shape index (κ1) is 43.0. The molecular formula is C36H54F3N5O7. The number of urea groups is 1. The first-order valence-electron chi connectivity index (χ1n) is 17.4. The lowest BCUT2D eigenvalue weighted by molar-refractivity contribution is -0.147. The summed E-state index contributed by atoms with van der Waals surface area (Å²) < 4.78 is 38.9. The summed E-state index contributed by atoms with van der Waals surface area (Å²) in [7, 11) is 0. The number of nitrogens with zero attached hydrogens (tertiary/aromatic N) is 1. The van der Waals surface area contributed by atoms with Gasteiger partial charge in [-0.25, -0.2) is 4.79 Å². The van der Waals surface area contributed by atoms with Crippen LogP contribution in [0.3, 0.4) is 0 Å². The van der Waals surface area contributed by atoms with E-state index in [9.17, 15) is 41.9 Å². The van der Waals surface area contributed by atoms with Crippen LogP contribution in [0.25, 0.3) is 0 Å². The smallest absolute Gasteiger partial charge is 0.391 e. The van der Waals surface area contributed by atoms with Crippen LogP contribution in [-0.4, -0.2) is 78.3 Å². The van der Waals surface area contributed by atoms with E-state index >= 15 is 0 Å². The zero-order valence-electron chi connectivity index (χ0n) is 30.4. The van der Waals surface area contributed by atoms with Gasteiger partial charge in [0.05, 0.1) is 12.0 Å². The molecule has 1 aliphatic heterocycles. The minimum Gasteiger partial charge on any atom is -0.460 e. The van der Waals surface area contributed by atoms with Crippen molar-refractivity contribution in [3.05, 3.63) is 35.9 Å². The Morgan fingerprint density at radius 2 is 1.61 bits per heavy atom. The van der Waals surface area contributed by atoms with Gasteiger partial charge in [-0.2, -0.15) is 13.2 Å². The Hall–Kier alpha value is -4.17. The molecule has 15 heteroatoms. The van der Waals surface area contributed by atoms with Gasteiger partial charge in [-0.05, 0) is 54.9 Å². The van der Waals surface area contributed by atoms with E-state index in [2.05, 4.69) is 36.7 Å². The van der Waals surface area contributed by atoms with E-state index in [0.717, 1.165) is 24.8 Å². The number of alkyl halides is 3. The molecule has 3 fully saturated rings. The lowest BCUT2D eigenvalue weighted by Gasteiger charge is -2.35. The van der Waals surface area contributed by atoms with Crippen molar-refractivity contribution in [2.45, 2.75) is 111 Å². The van der Waals surface area contributed by atoms with Gasteiger partial charge in [0.2, 0.25) is 18.1 Å². The molecule has 4 rings (SSSR count). The highest BCUT2D eigenvalue weighted by atomic mass is 19.4. The predicted octanol–water partition coefficient (Wildman–Crippen LogP) is 4.25. The molecule has 0 spiro atoms. The molecular weight excluding hydrogens is 671 g/mol. The highest BCUT2D eigenvalue weighted by Gasteiger charge is 2.47. The van der Waals surface area contributed by atoms with Crippen molar-refractivity contribution in [3.63, 3.8) is 0 Å². The number of hydrogen-bond acceptors (Lipinski definition) is 7. The molecule has 1 aromatic carbocycles. The monoisotopic (exact) mass is 725 g/mol. The standard InChI is InChI=1S/C23H35N3O4.C9H14N2O3.C4H5F3/c1-15-13-26(17(3)16(15)2)21(28)20(23(4,5)6)25-22(29)24-12-19(27)30-14-18-10-8-7-9-11-18;10-9(14)8(13)7(11-5-12)4-6-2-1-3-6;5-4(6,7)3-1-2-3/h7-11,15-17,20H,12-14H2,1-6H3,(H2,24,25,29);5-7H,1-4H2,(H2,10,14)(H,11,12);3H,1-2H2. The maximum atomic E-state index is 13.2. The second-order valence-corrected chi connectivity index (χ2v) is 14.8. The number of primary amides is 1. The lowest BCUT2D eigenvalue weighted by atomic mass is 9.80. The molecule has 5 unspecified atom stereocenters. The van der Waals surface area contributed by atoms with Gasteiger partial charge < -0.3 is 31.3 Å². The molecule has 1 heterocycles. The van der Waals surface area contributed by atoms with Crippen LogP contribution < -0.4 is 21.7 Å². The fraction of sp³-hybridized carbons (Fsp3) is 0.667. The second-order valence-electron chi connectivity index (χ2n) is 14.8. The number of ketones is 1. The number of nitrogens with two attached hydrogens (primary N) is 1. The maximum absolute atomic E-state index is 13.2. The van der Waals surface area contributed by atoms with Crippen molar-refractivity contribution in [1.29, 1.82) is 0 Å². The van der Waals surface area contributed by atoms with E-state index in [1.807, 2.05) is 56.0 Å². The first-order chi connectivity index (χ1) is 23.8. The number of halogens is 3. The summed E-state index contributed by atoms with van der Waals surface area (Å²) in [6.07, 6.45) is 1.05. The molecule has 51 heavy (non-hydrogen) atoms. The number of rotatable bonds is 12.